The number of carbonyl (C=O) groups excluding carboxylic acids is 1. The van der Waals surface area contributed by atoms with Gasteiger partial charge in [0.1, 0.15) is 6.61 Å². The SMILES string of the molecule is O=C(O)[C@@H](C(=O)OCC1c2ccccc2-c2ccccc21)[C@H]1CCCNC1. The van der Waals surface area contributed by atoms with E-state index < -0.39 is 17.9 Å². The number of carboxylic acid groups (broad SMARTS) is 1. The van der Waals surface area contributed by atoms with Crippen molar-refractivity contribution >= 4 is 11.9 Å². The summed E-state index contributed by atoms with van der Waals surface area (Å²) in [5, 5.41) is 12.8. The van der Waals surface area contributed by atoms with E-state index in [-0.39, 0.29) is 18.4 Å². The number of nitrogens with one attached hydrogen (secondary N) is 1. The number of carboxylic acids is 1. The minimum atomic E-state index is -1.11. The number of hydrogen-bond donors (Lipinski definition) is 2. The molecular weight excluding hydrogens is 342 g/mol. The van der Waals surface area contributed by atoms with Gasteiger partial charge in [-0.05, 0) is 54.1 Å². The fraction of sp³-hybridized carbons (Fsp3) is 0.364. The maximum Gasteiger partial charge on any atom is 0.320 e. The Morgan fingerprint density at radius 2 is 1.70 bits per heavy atom. The highest BCUT2D eigenvalue weighted by Gasteiger charge is 2.38. The maximum atomic E-state index is 12.6. The van der Waals surface area contributed by atoms with Crippen LogP contribution in [0.2, 0.25) is 0 Å². The first-order valence-electron chi connectivity index (χ1n) is 9.45. The van der Waals surface area contributed by atoms with Crippen LogP contribution in [-0.4, -0.2) is 36.7 Å². The Morgan fingerprint density at radius 1 is 1.07 bits per heavy atom. The van der Waals surface area contributed by atoms with Gasteiger partial charge >= 0.3 is 11.9 Å². The zero-order chi connectivity index (χ0) is 18.8. The van der Waals surface area contributed by atoms with Gasteiger partial charge in [-0.3, -0.25) is 9.59 Å². The predicted octanol–water partition coefficient (Wildman–Crippen LogP) is 3.04. The van der Waals surface area contributed by atoms with Gasteiger partial charge in [0.2, 0.25) is 0 Å². The van der Waals surface area contributed by atoms with Gasteiger partial charge in [-0.15, -0.1) is 0 Å². The van der Waals surface area contributed by atoms with Crippen LogP contribution < -0.4 is 5.32 Å². The van der Waals surface area contributed by atoms with Crippen LogP contribution in [0.1, 0.15) is 29.9 Å². The molecule has 5 nitrogen and oxygen atoms in total. The zero-order valence-electron chi connectivity index (χ0n) is 15.1. The van der Waals surface area contributed by atoms with Crippen LogP contribution in [0.15, 0.2) is 48.5 Å². The molecule has 2 aromatic rings. The Hall–Kier alpha value is -2.66. The fourth-order valence-corrected chi connectivity index (χ4v) is 4.35. The number of rotatable bonds is 5. The molecule has 2 atom stereocenters. The number of esters is 1. The summed E-state index contributed by atoms with van der Waals surface area (Å²) in [6.45, 7) is 1.57. The molecule has 140 valence electrons. The van der Waals surface area contributed by atoms with Crippen LogP contribution in [0.4, 0.5) is 0 Å². The van der Waals surface area contributed by atoms with E-state index >= 15 is 0 Å². The molecule has 0 radical (unpaired) electrons. The predicted molar refractivity (Wildman–Crippen MR) is 101 cm³/mol. The van der Waals surface area contributed by atoms with Crippen molar-refractivity contribution in [2.75, 3.05) is 19.7 Å². The van der Waals surface area contributed by atoms with E-state index in [4.69, 9.17) is 4.74 Å². The summed E-state index contributed by atoms with van der Waals surface area (Å²) in [5.41, 5.74) is 4.55. The van der Waals surface area contributed by atoms with Crippen LogP contribution in [0.5, 0.6) is 0 Å². The monoisotopic (exact) mass is 365 g/mol. The zero-order valence-corrected chi connectivity index (χ0v) is 15.1. The molecular formula is C22H23NO4. The fourth-order valence-electron chi connectivity index (χ4n) is 4.35. The third-order valence-corrected chi connectivity index (χ3v) is 5.68. The molecule has 2 aromatic carbocycles. The minimum absolute atomic E-state index is 0.0553. The molecule has 1 aliphatic heterocycles. The van der Waals surface area contributed by atoms with E-state index in [1.54, 1.807) is 0 Å². The lowest BCUT2D eigenvalue weighted by molar-refractivity contribution is -0.162. The smallest absolute Gasteiger partial charge is 0.320 e. The van der Waals surface area contributed by atoms with Crippen molar-refractivity contribution in [3.8, 4) is 11.1 Å². The second kappa shape index (κ2) is 7.53. The molecule has 27 heavy (non-hydrogen) atoms. The summed E-state index contributed by atoms with van der Waals surface area (Å²) in [7, 11) is 0. The van der Waals surface area contributed by atoms with E-state index in [2.05, 4.69) is 17.4 Å². The topological polar surface area (TPSA) is 75.6 Å². The quantitative estimate of drug-likeness (QED) is 0.629. The van der Waals surface area contributed by atoms with Crippen molar-refractivity contribution in [1.82, 2.24) is 5.32 Å². The number of fused-ring (bicyclic) bond motifs is 3. The van der Waals surface area contributed by atoms with Gasteiger partial charge in [0.15, 0.2) is 5.92 Å². The first-order chi connectivity index (χ1) is 13.2. The number of ether oxygens (including phenoxy) is 1. The Labute approximate surface area is 158 Å². The molecule has 1 fully saturated rings. The Morgan fingerprint density at radius 3 is 2.26 bits per heavy atom. The lowest BCUT2D eigenvalue weighted by Crippen LogP contribution is -2.41. The van der Waals surface area contributed by atoms with Crippen LogP contribution in [0.3, 0.4) is 0 Å². The molecule has 0 amide bonds. The first kappa shape index (κ1) is 17.7. The summed E-state index contributed by atoms with van der Waals surface area (Å²) in [4.78, 5) is 24.3. The molecule has 0 bridgehead atoms. The molecule has 4 rings (SSSR count). The number of piperidine rings is 1. The average Bonchev–Trinajstić information content (AvgIpc) is 3.01. The highest BCUT2D eigenvalue weighted by Crippen LogP contribution is 2.44. The summed E-state index contributed by atoms with van der Waals surface area (Å²) in [6, 6.07) is 16.2. The number of carbonyl (C=O) groups is 2. The van der Waals surface area contributed by atoms with Gasteiger partial charge in [0.05, 0.1) is 0 Å². The van der Waals surface area contributed by atoms with Crippen molar-refractivity contribution in [2.45, 2.75) is 18.8 Å². The highest BCUT2D eigenvalue weighted by atomic mass is 16.5. The first-order valence-corrected chi connectivity index (χ1v) is 9.45. The molecule has 0 unspecified atom stereocenters. The van der Waals surface area contributed by atoms with E-state index in [9.17, 15) is 14.7 Å². The van der Waals surface area contributed by atoms with E-state index in [0.29, 0.717) is 6.54 Å². The van der Waals surface area contributed by atoms with Crippen LogP contribution in [-0.2, 0) is 14.3 Å². The molecule has 2 aliphatic rings. The minimum Gasteiger partial charge on any atom is -0.481 e. The van der Waals surface area contributed by atoms with Gasteiger partial charge < -0.3 is 15.2 Å². The van der Waals surface area contributed by atoms with Gasteiger partial charge in [-0.25, -0.2) is 0 Å². The van der Waals surface area contributed by atoms with Crippen molar-refractivity contribution in [3.63, 3.8) is 0 Å². The van der Waals surface area contributed by atoms with Gasteiger partial charge in [-0.2, -0.15) is 0 Å². The van der Waals surface area contributed by atoms with Crippen molar-refractivity contribution in [1.29, 1.82) is 0 Å². The van der Waals surface area contributed by atoms with Crippen LogP contribution >= 0.6 is 0 Å². The van der Waals surface area contributed by atoms with E-state index in [0.717, 1.165) is 41.6 Å². The molecule has 0 spiro atoms. The van der Waals surface area contributed by atoms with Crippen molar-refractivity contribution in [3.05, 3.63) is 59.7 Å². The van der Waals surface area contributed by atoms with Gasteiger partial charge in [0.25, 0.3) is 0 Å². The summed E-state index contributed by atoms with van der Waals surface area (Å²) < 4.78 is 5.57. The second-order valence-corrected chi connectivity index (χ2v) is 7.28. The third-order valence-electron chi connectivity index (χ3n) is 5.68. The Bertz CT molecular complexity index is 811. The summed E-state index contributed by atoms with van der Waals surface area (Å²) in [5.74, 6) is -3.10. The summed E-state index contributed by atoms with van der Waals surface area (Å²) in [6.07, 6.45) is 1.61. The van der Waals surface area contributed by atoms with Crippen molar-refractivity contribution in [2.24, 2.45) is 11.8 Å². The second-order valence-electron chi connectivity index (χ2n) is 7.28. The van der Waals surface area contributed by atoms with E-state index in [1.165, 1.54) is 0 Å². The Balaban J connectivity index is 1.52. The normalized spacial score (nSPS) is 19.8. The largest absolute Gasteiger partial charge is 0.481 e. The van der Waals surface area contributed by atoms with Gasteiger partial charge in [0, 0.05) is 5.92 Å². The van der Waals surface area contributed by atoms with Crippen LogP contribution in [0.25, 0.3) is 11.1 Å². The number of aliphatic carboxylic acids is 1. The van der Waals surface area contributed by atoms with Crippen molar-refractivity contribution < 1.29 is 19.4 Å². The maximum absolute atomic E-state index is 12.6. The lowest BCUT2D eigenvalue weighted by atomic mass is 9.86. The Kier molecular flexibility index (Phi) is 4.94. The van der Waals surface area contributed by atoms with E-state index in [1.807, 2.05) is 36.4 Å². The molecule has 0 saturated carbocycles. The molecule has 2 N–H and O–H groups in total. The third kappa shape index (κ3) is 3.35. The molecule has 1 saturated heterocycles. The number of hydrogen-bond acceptors (Lipinski definition) is 4. The standard InChI is InChI=1S/C22H23NO4/c24-21(25)20(14-6-5-11-23-12-14)22(26)27-13-19-17-9-3-1-7-15(17)16-8-2-4-10-18(16)19/h1-4,7-10,14,19-20,23H,5-6,11-13H2,(H,24,25)/t14-,20-/m0/s1. The molecule has 0 aromatic heterocycles. The molecule has 1 heterocycles. The molecule has 5 heteroatoms. The van der Waals surface area contributed by atoms with Crippen LogP contribution in [0, 0.1) is 11.8 Å². The van der Waals surface area contributed by atoms with Gasteiger partial charge in [-0.1, -0.05) is 48.5 Å². The summed E-state index contributed by atoms with van der Waals surface area (Å²) >= 11 is 0. The number of benzene rings is 2. The average molecular weight is 365 g/mol. The highest BCUT2D eigenvalue weighted by molar-refractivity contribution is 5.94. The lowest BCUT2D eigenvalue weighted by Gasteiger charge is -2.27. The molecule has 1 aliphatic carbocycles.